The number of ether oxygens (including phenoxy) is 1. The van der Waals surface area contributed by atoms with Gasteiger partial charge in [0.1, 0.15) is 0 Å². The summed E-state index contributed by atoms with van der Waals surface area (Å²) in [7, 11) is 0. The zero-order chi connectivity index (χ0) is 12.8. The lowest BCUT2D eigenvalue weighted by atomic mass is 10.1. The fraction of sp³-hybridized carbons (Fsp3) is 0.846. The number of carbonyl (C=O) groups is 1. The van der Waals surface area contributed by atoms with Gasteiger partial charge in [-0.05, 0) is 19.3 Å². The number of hydrogen-bond acceptors (Lipinski definition) is 4. The molecule has 0 aromatic rings. The zero-order valence-electron chi connectivity index (χ0n) is 10.8. The maximum absolute atomic E-state index is 12.0. The first kappa shape index (κ1) is 13.3. The first-order valence-corrected chi connectivity index (χ1v) is 6.78. The van der Waals surface area contributed by atoms with Gasteiger partial charge in [0.15, 0.2) is 0 Å². The number of piperazine rings is 1. The largest absolute Gasteiger partial charge is 0.378 e. The van der Waals surface area contributed by atoms with Crippen molar-refractivity contribution in [3.63, 3.8) is 0 Å². The molecule has 5 nitrogen and oxygen atoms in total. The van der Waals surface area contributed by atoms with Crippen molar-refractivity contribution >= 4 is 5.91 Å². The predicted molar refractivity (Wildman–Crippen MR) is 66.8 cm³/mol. The van der Waals surface area contributed by atoms with Gasteiger partial charge in [0.2, 0.25) is 5.91 Å². The minimum absolute atomic E-state index is 0.238. The molecule has 0 bridgehead atoms. The highest BCUT2D eigenvalue weighted by Crippen LogP contribution is 2.17. The molecular weight excluding hydrogens is 230 g/mol. The van der Waals surface area contributed by atoms with Crippen molar-refractivity contribution in [2.75, 3.05) is 39.3 Å². The smallest absolute Gasteiger partial charge is 0.222 e. The minimum atomic E-state index is 0.238. The molecule has 0 N–H and O–H groups in total. The van der Waals surface area contributed by atoms with Gasteiger partial charge in [-0.1, -0.05) is 0 Å². The summed E-state index contributed by atoms with van der Waals surface area (Å²) in [6.45, 7) is 4.47. The maximum Gasteiger partial charge on any atom is 0.222 e. The second-order valence-electron chi connectivity index (χ2n) is 4.99. The molecule has 1 unspecified atom stereocenters. The molecule has 0 aromatic carbocycles. The topological polar surface area (TPSA) is 56.6 Å². The van der Waals surface area contributed by atoms with Gasteiger partial charge in [0.25, 0.3) is 0 Å². The average Bonchev–Trinajstić information content (AvgIpc) is 2.90. The Hall–Kier alpha value is -1.12. The lowest BCUT2D eigenvalue weighted by molar-refractivity contribution is -0.133. The molecule has 2 aliphatic heterocycles. The Bertz CT molecular complexity index is 313. The van der Waals surface area contributed by atoms with Gasteiger partial charge in [-0.15, -0.1) is 0 Å². The Morgan fingerprint density at radius 2 is 2.11 bits per heavy atom. The van der Waals surface area contributed by atoms with Crippen molar-refractivity contribution in [3.05, 3.63) is 0 Å². The molecule has 0 spiro atoms. The number of nitriles is 1. The van der Waals surface area contributed by atoms with Crippen molar-refractivity contribution < 1.29 is 9.53 Å². The Kier molecular flexibility index (Phi) is 4.97. The lowest BCUT2D eigenvalue weighted by Crippen LogP contribution is -2.48. The normalized spacial score (nSPS) is 25.1. The van der Waals surface area contributed by atoms with E-state index in [1.54, 1.807) is 0 Å². The van der Waals surface area contributed by atoms with Gasteiger partial charge in [0.05, 0.1) is 18.7 Å². The van der Waals surface area contributed by atoms with Crippen LogP contribution in [-0.2, 0) is 9.53 Å². The third kappa shape index (κ3) is 3.69. The van der Waals surface area contributed by atoms with E-state index in [4.69, 9.17) is 10.00 Å². The molecule has 0 aliphatic carbocycles. The quantitative estimate of drug-likeness (QED) is 0.687. The lowest BCUT2D eigenvalue weighted by Gasteiger charge is -2.33. The summed E-state index contributed by atoms with van der Waals surface area (Å²) in [5, 5.41) is 8.61. The molecule has 0 saturated carbocycles. The summed E-state index contributed by atoms with van der Waals surface area (Å²) in [6.07, 6.45) is 3.99. The fourth-order valence-electron chi connectivity index (χ4n) is 2.57. The first-order valence-electron chi connectivity index (χ1n) is 6.78. The molecule has 2 saturated heterocycles. The predicted octanol–water partition coefficient (Wildman–Crippen LogP) is 0.613. The molecule has 18 heavy (non-hydrogen) atoms. The number of amides is 1. The molecule has 2 heterocycles. The van der Waals surface area contributed by atoms with Crippen LogP contribution in [0, 0.1) is 11.3 Å². The van der Waals surface area contributed by atoms with E-state index in [2.05, 4.69) is 11.0 Å². The van der Waals surface area contributed by atoms with Gasteiger partial charge >= 0.3 is 0 Å². The van der Waals surface area contributed by atoms with Crippen molar-refractivity contribution in [2.24, 2.45) is 0 Å². The van der Waals surface area contributed by atoms with Crippen LogP contribution in [0.1, 0.15) is 25.7 Å². The van der Waals surface area contributed by atoms with Crippen molar-refractivity contribution in [1.82, 2.24) is 9.80 Å². The van der Waals surface area contributed by atoms with Gasteiger partial charge in [0, 0.05) is 39.2 Å². The monoisotopic (exact) mass is 251 g/mol. The SMILES string of the molecule is N#CCN1CCN(C(=O)CCC2CCCO2)CC1. The standard InChI is InChI=1S/C13H21N3O2/c14-5-6-15-7-9-16(10-8-15)13(17)4-3-12-2-1-11-18-12/h12H,1-4,6-11H2. The number of hydrogen-bond donors (Lipinski definition) is 0. The van der Waals surface area contributed by atoms with E-state index in [-0.39, 0.29) is 5.91 Å². The van der Waals surface area contributed by atoms with Crippen LogP contribution in [0.25, 0.3) is 0 Å². The second kappa shape index (κ2) is 6.72. The van der Waals surface area contributed by atoms with Crippen LogP contribution < -0.4 is 0 Å². The van der Waals surface area contributed by atoms with Crippen LogP contribution in [0.3, 0.4) is 0 Å². The Labute approximate surface area is 108 Å². The van der Waals surface area contributed by atoms with E-state index in [1.165, 1.54) is 0 Å². The third-order valence-corrected chi connectivity index (χ3v) is 3.72. The molecule has 0 radical (unpaired) electrons. The van der Waals surface area contributed by atoms with Crippen molar-refractivity contribution in [1.29, 1.82) is 5.26 Å². The molecule has 2 aliphatic rings. The Morgan fingerprint density at radius 3 is 2.72 bits per heavy atom. The highest BCUT2D eigenvalue weighted by molar-refractivity contribution is 5.76. The molecule has 5 heteroatoms. The molecular formula is C13H21N3O2. The molecule has 2 rings (SSSR count). The number of nitrogens with zero attached hydrogens (tertiary/aromatic N) is 3. The highest BCUT2D eigenvalue weighted by atomic mass is 16.5. The summed E-state index contributed by atoms with van der Waals surface area (Å²) in [4.78, 5) is 16.0. The van der Waals surface area contributed by atoms with Crippen LogP contribution in [0.2, 0.25) is 0 Å². The van der Waals surface area contributed by atoms with E-state index in [9.17, 15) is 4.79 Å². The number of rotatable bonds is 4. The number of carbonyl (C=O) groups excluding carboxylic acids is 1. The van der Waals surface area contributed by atoms with Gasteiger partial charge in [-0.3, -0.25) is 9.69 Å². The zero-order valence-corrected chi connectivity index (χ0v) is 10.8. The fourth-order valence-corrected chi connectivity index (χ4v) is 2.57. The van der Waals surface area contributed by atoms with E-state index in [1.807, 2.05) is 4.90 Å². The van der Waals surface area contributed by atoms with Crippen LogP contribution in [-0.4, -0.2) is 61.1 Å². The maximum atomic E-state index is 12.0. The Morgan fingerprint density at radius 1 is 1.33 bits per heavy atom. The Balaban J connectivity index is 1.65. The average molecular weight is 251 g/mol. The molecule has 1 atom stereocenters. The van der Waals surface area contributed by atoms with Crippen molar-refractivity contribution in [3.8, 4) is 6.07 Å². The van der Waals surface area contributed by atoms with Crippen LogP contribution in [0.5, 0.6) is 0 Å². The second-order valence-corrected chi connectivity index (χ2v) is 4.99. The van der Waals surface area contributed by atoms with Crippen LogP contribution in [0.15, 0.2) is 0 Å². The summed E-state index contributed by atoms with van der Waals surface area (Å²) in [5.74, 6) is 0.238. The minimum Gasteiger partial charge on any atom is -0.378 e. The van der Waals surface area contributed by atoms with Crippen LogP contribution >= 0.6 is 0 Å². The third-order valence-electron chi connectivity index (χ3n) is 3.72. The molecule has 1 amide bonds. The molecule has 100 valence electrons. The summed E-state index contributed by atoms with van der Waals surface area (Å²) >= 11 is 0. The first-order chi connectivity index (χ1) is 8.79. The van der Waals surface area contributed by atoms with E-state index < -0.39 is 0 Å². The summed E-state index contributed by atoms with van der Waals surface area (Å²) in [5.41, 5.74) is 0. The highest BCUT2D eigenvalue weighted by Gasteiger charge is 2.22. The van der Waals surface area contributed by atoms with E-state index >= 15 is 0 Å². The van der Waals surface area contributed by atoms with Crippen molar-refractivity contribution in [2.45, 2.75) is 31.8 Å². The van der Waals surface area contributed by atoms with Gasteiger partial charge < -0.3 is 9.64 Å². The summed E-state index contributed by atoms with van der Waals surface area (Å²) < 4.78 is 5.52. The molecule has 2 fully saturated rings. The summed E-state index contributed by atoms with van der Waals surface area (Å²) in [6, 6.07) is 2.15. The van der Waals surface area contributed by atoms with Gasteiger partial charge in [-0.25, -0.2) is 0 Å². The van der Waals surface area contributed by atoms with Crippen LogP contribution in [0.4, 0.5) is 0 Å². The van der Waals surface area contributed by atoms with E-state index in [0.29, 0.717) is 19.1 Å². The van der Waals surface area contributed by atoms with E-state index in [0.717, 1.165) is 52.0 Å². The van der Waals surface area contributed by atoms with Gasteiger partial charge in [-0.2, -0.15) is 5.26 Å². The molecule has 0 aromatic heterocycles.